The lowest BCUT2D eigenvalue weighted by molar-refractivity contribution is -0.113. The van der Waals surface area contributed by atoms with Gasteiger partial charge in [0.15, 0.2) is 11.0 Å². The summed E-state index contributed by atoms with van der Waals surface area (Å²) in [6, 6.07) is 1.84. The molecule has 3 heterocycles. The summed E-state index contributed by atoms with van der Waals surface area (Å²) in [6.07, 6.45) is 6.14. The number of nitrogens with zero attached hydrogens (tertiary/aromatic N) is 3. The van der Waals surface area contributed by atoms with Crippen molar-refractivity contribution >= 4 is 40.0 Å². The van der Waals surface area contributed by atoms with Gasteiger partial charge >= 0.3 is 5.97 Å². The highest BCUT2D eigenvalue weighted by Crippen LogP contribution is 2.39. The molecule has 0 unspecified atom stereocenters. The molecule has 0 aliphatic heterocycles. The van der Waals surface area contributed by atoms with Gasteiger partial charge in [-0.2, -0.15) is 0 Å². The maximum absolute atomic E-state index is 12.7. The molecule has 10 heteroatoms. The Hall–Kier alpha value is -2.85. The van der Waals surface area contributed by atoms with Crippen LogP contribution in [0.2, 0.25) is 0 Å². The third-order valence-corrected chi connectivity index (χ3v) is 7.20. The van der Waals surface area contributed by atoms with Gasteiger partial charge in [-0.05, 0) is 37.8 Å². The zero-order chi connectivity index (χ0) is 22.0. The van der Waals surface area contributed by atoms with Crippen LogP contribution in [0.5, 0.6) is 0 Å². The van der Waals surface area contributed by atoms with Gasteiger partial charge in [0.1, 0.15) is 10.8 Å². The molecule has 1 amide bonds. The van der Waals surface area contributed by atoms with Crippen LogP contribution in [0.1, 0.15) is 33.0 Å². The van der Waals surface area contributed by atoms with Crippen LogP contribution in [-0.4, -0.2) is 39.5 Å². The number of allylic oxidation sites excluding steroid dienone is 1. The van der Waals surface area contributed by atoms with E-state index in [9.17, 15) is 9.59 Å². The highest BCUT2D eigenvalue weighted by atomic mass is 32.2. The number of anilines is 1. The van der Waals surface area contributed by atoms with E-state index in [-0.39, 0.29) is 11.7 Å². The van der Waals surface area contributed by atoms with Crippen molar-refractivity contribution < 1.29 is 18.7 Å². The predicted octanol–water partition coefficient (Wildman–Crippen LogP) is 4.10. The third-order valence-electron chi connectivity index (χ3n) is 5.02. The van der Waals surface area contributed by atoms with Crippen LogP contribution in [0.25, 0.3) is 11.4 Å². The topological polar surface area (TPSA) is 99.2 Å². The minimum Gasteiger partial charge on any atom is -0.469 e. The maximum atomic E-state index is 12.7. The van der Waals surface area contributed by atoms with Crippen LogP contribution in [0.3, 0.4) is 0 Å². The fourth-order valence-electron chi connectivity index (χ4n) is 3.61. The first-order valence-electron chi connectivity index (χ1n) is 9.77. The van der Waals surface area contributed by atoms with E-state index in [4.69, 9.17) is 9.15 Å². The fraction of sp³-hybridized carbons (Fsp3) is 0.333. The van der Waals surface area contributed by atoms with Gasteiger partial charge in [0.2, 0.25) is 5.91 Å². The van der Waals surface area contributed by atoms with Crippen molar-refractivity contribution in [2.45, 2.75) is 37.9 Å². The molecule has 1 aliphatic rings. The van der Waals surface area contributed by atoms with E-state index in [0.717, 1.165) is 41.0 Å². The van der Waals surface area contributed by atoms with E-state index in [1.54, 1.807) is 12.3 Å². The number of furan rings is 1. The molecule has 0 saturated carbocycles. The Morgan fingerprint density at radius 3 is 2.97 bits per heavy atom. The number of methoxy groups -OCH3 is 1. The molecule has 3 aromatic heterocycles. The second-order valence-corrected chi connectivity index (χ2v) is 9.03. The number of esters is 1. The van der Waals surface area contributed by atoms with E-state index >= 15 is 0 Å². The molecule has 0 aromatic carbocycles. The normalized spacial score (nSPS) is 12.6. The van der Waals surface area contributed by atoms with Crippen molar-refractivity contribution in [2.24, 2.45) is 0 Å². The molecule has 1 aliphatic carbocycles. The lowest BCUT2D eigenvalue weighted by Crippen LogP contribution is -2.16. The largest absolute Gasteiger partial charge is 0.469 e. The molecule has 1 N–H and O–H groups in total. The highest BCUT2D eigenvalue weighted by molar-refractivity contribution is 7.99. The zero-order valence-corrected chi connectivity index (χ0v) is 18.9. The monoisotopic (exact) mass is 458 g/mol. The molecule has 0 radical (unpaired) electrons. The van der Waals surface area contributed by atoms with Gasteiger partial charge in [0, 0.05) is 11.4 Å². The van der Waals surface area contributed by atoms with Crippen LogP contribution in [-0.2, 0) is 28.9 Å². The first kappa shape index (κ1) is 21.4. The van der Waals surface area contributed by atoms with Crippen LogP contribution < -0.4 is 5.32 Å². The molecular formula is C21H22N4O4S2. The number of ether oxygens (including phenoxy) is 1. The SMILES string of the molecule is C=CCn1c(SCC(=O)Nc2sc3c(c2C(=O)OC)CCC3)nnc1-c1ccoc1C. The molecule has 162 valence electrons. The summed E-state index contributed by atoms with van der Waals surface area (Å²) >= 11 is 2.74. The van der Waals surface area contributed by atoms with Crippen LogP contribution in [0.15, 0.2) is 34.6 Å². The standard InChI is InChI=1S/C21H22N4O4S2/c1-4-9-25-18(13-8-10-29-12(13)2)23-24-21(25)30-11-16(26)22-19-17(20(27)28-3)14-6-5-7-15(14)31-19/h4,8,10H,1,5-7,9,11H2,2-3H3,(H,22,26). The number of aromatic nitrogens is 3. The number of fused-ring (bicyclic) bond motifs is 1. The number of carbonyl (C=O) groups is 2. The molecule has 31 heavy (non-hydrogen) atoms. The molecule has 3 aromatic rings. The summed E-state index contributed by atoms with van der Waals surface area (Å²) in [5, 5.41) is 12.6. The fourth-order valence-corrected chi connectivity index (χ4v) is 5.65. The second-order valence-electron chi connectivity index (χ2n) is 6.99. The number of hydrogen-bond donors (Lipinski definition) is 1. The Morgan fingerprint density at radius 2 is 2.26 bits per heavy atom. The van der Waals surface area contributed by atoms with Gasteiger partial charge < -0.3 is 14.5 Å². The quantitative estimate of drug-likeness (QED) is 0.308. The molecule has 0 spiro atoms. The molecule has 0 saturated heterocycles. The number of hydrogen-bond acceptors (Lipinski definition) is 8. The summed E-state index contributed by atoms with van der Waals surface area (Å²) in [5.41, 5.74) is 2.35. The zero-order valence-electron chi connectivity index (χ0n) is 17.3. The smallest absolute Gasteiger partial charge is 0.341 e. The van der Waals surface area contributed by atoms with Gasteiger partial charge in [-0.3, -0.25) is 9.36 Å². The number of aryl methyl sites for hydroxylation is 2. The average molecular weight is 459 g/mol. The summed E-state index contributed by atoms with van der Waals surface area (Å²) in [6.45, 7) is 6.16. The second kappa shape index (κ2) is 9.11. The number of carbonyl (C=O) groups excluding carboxylic acids is 2. The van der Waals surface area contributed by atoms with Crippen molar-refractivity contribution in [1.82, 2.24) is 14.8 Å². The summed E-state index contributed by atoms with van der Waals surface area (Å²) in [4.78, 5) is 26.1. The molecule has 0 bridgehead atoms. The van der Waals surface area contributed by atoms with Gasteiger partial charge in [-0.25, -0.2) is 4.79 Å². The van der Waals surface area contributed by atoms with E-state index in [2.05, 4.69) is 22.1 Å². The first-order valence-corrected chi connectivity index (χ1v) is 11.6. The first-order chi connectivity index (χ1) is 15.0. The van der Waals surface area contributed by atoms with Crippen LogP contribution in [0, 0.1) is 6.92 Å². The van der Waals surface area contributed by atoms with Gasteiger partial charge in [-0.15, -0.1) is 28.1 Å². The lowest BCUT2D eigenvalue weighted by Gasteiger charge is -2.08. The summed E-state index contributed by atoms with van der Waals surface area (Å²) in [7, 11) is 1.36. The molecule has 8 nitrogen and oxygen atoms in total. The number of thioether (sulfide) groups is 1. The Labute approximate surface area is 187 Å². The van der Waals surface area contributed by atoms with Crippen molar-refractivity contribution in [2.75, 3.05) is 18.2 Å². The van der Waals surface area contributed by atoms with E-state index < -0.39 is 5.97 Å². The minimum atomic E-state index is -0.409. The average Bonchev–Trinajstić information content (AvgIpc) is 3.51. The van der Waals surface area contributed by atoms with Crippen LogP contribution >= 0.6 is 23.1 Å². The van der Waals surface area contributed by atoms with Crippen molar-refractivity contribution in [3.8, 4) is 11.4 Å². The van der Waals surface area contributed by atoms with Gasteiger partial charge in [0.25, 0.3) is 0 Å². The third kappa shape index (κ3) is 4.17. The molecule has 4 rings (SSSR count). The number of thiophene rings is 1. The van der Waals surface area contributed by atoms with Crippen molar-refractivity contribution in [3.63, 3.8) is 0 Å². The minimum absolute atomic E-state index is 0.128. The Bertz CT molecular complexity index is 1140. The number of nitrogens with one attached hydrogen (secondary N) is 1. The van der Waals surface area contributed by atoms with Crippen molar-refractivity contribution in [3.05, 3.63) is 46.7 Å². The Morgan fingerprint density at radius 1 is 1.42 bits per heavy atom. The van der Waals surface area contributed by atoms with E-state index in [1.807, 2.05) is 17.6 Å². The number of amides is 1. The maximum Gasteiger partial charge on any atom is 0.341 e. The summed E-state index contributed by atoms with van der Waals surface area (Å²) < 4.78 is 12.2. The van der Waals surface area contributed by atoms with Crippen molar-refractivity contribution in [1.29, 1.82) is 0 Å². The predicted molar refractivity (Wildman–Crippen MR) is 120 cm³/mol. The lowest BCUT2D eigenvalue weighted by atomic mass is 10.1. The summed E-state index contributed by atoms with van der Waals surface area (Å²) in [5.74, 6) is 0.908. The Balaban J connectivity index is 1.49. The molecule has 0 fully saturated rings. The number of rotatable bonds is 8. The molecule has 0 atom stereocenters. The molecular weight excluding hydrogens is 436 g/mol. The van der Waals surface area contributed by atoms with Gasteiger partial charge in [-0.1, -0.05) is 17.8 Å². The van der Waals surface area contributed by atoms with Crippen LogP contribution in [0.4, 0.5) is 5.00 Å². The van der Waals surface area contributed by atoms with Gasteiger partial charge in [0.05, 0.1) is 30.3 Å². The Kier molecular flexibility index (Phi) is 6.28. The van der Waals surface area contributed by atoms with E-state index in [0.29, 0.717) is 28.1 Å². The highest BCUT2D eigenvalue weighted by Gasteiger charge is 2.28. The van der Waals surface area contributed by atoms with E-state index in [1.165, 1.54) is 30.2 Å².